The molecule has 1 aliphatic rings. The van der Waals surface area contributed by atoms with Gasteiger partial charge < -0.3 is 10.0 Å². The number of likely N-dealkylation sites (tertiary alicyclic amines) is 1. The Hall–Kier alpha value is -2.34. The van der Waals surface area contributed by atoms with Gasteiger partial charge in [-0.1, -0.05) is 17.7 Å². The highest BCUT2D eigenvalue weighted by atomic mass is 35.5. The van der Waals surface area contributed by atoms with Crippen LogP contribution in [0.4, 0.5) is 0 Å². The van der Waals surface area contributed by atoms with Gasteiger partial charge in [0.25, 0.3) is 5.91 Å². The number of halogens is 1. The first-order chi connectivity index (χ1) is 11.0. The van der Waals surface area contributed by atoms with E-state index in [-0.39, 0.29) is 11.9 Å². The monoisotopic (exact) mass is 333 g/mol. The predicted molar refractivity (Wildman–Crippen MR) is 84.8 cm³/mol. The number of aliphatic carboxylic acids is 1. The molecule has 23 heavy (non-hydrogen) atoms. The molecule has 2 heterocycles. The topological polar surface area (TPSA) is 75.4 Å². The van der Waals surface area contributed by atoms with Gasteiger partial charge in [0.1, 0.15) is 0 Å². The fourth-order valence-corrected chi connectivity index (χ4v) is 3.10. The molecule has 0 radical (unpaired) electrons. The van der Waals surface area contributed by atoms with E-state index in [2.05, 4.69) is 5.10 Å². The fraction of sp³-hybridized carbons (Fsp3) is 0.312. The Balaban J connectivity index is 1.81. The van der Waals surface area contributed by atoms with Crippen LogP contribution in [0.25, 0.3) is 5.69 Å². The summed E-state index contributed by atoms with van der Waals surface area (Å²) in [4.78, 5) is 25.4. The Morgan fingerprint density at radius 1 is 1.39 bits per heavy atom. The van der Waals surface area contributed by atoms with Gasteiger partial charge in [0.15, 0.2) is 0 Å². The van der Waals surface area contributed by atoms with Gasteiger partial charge in [0.05, 0.1) is 23.4 Å². The number of carbonyl (C=O) groups excluding carboxylic acids is 1. The summed E-state index contributed by atoms with van der Waals surface area (Å²) >= 11 is 5.96. The lowest BCUT2D eigenvalue weighted by atomic mass is 10.0. The molecule has 1 amide bonds. The van der Waals surface area contributed by atoms with Crippen molar-refractivity contribution in [2.24, 2.45) is 5.92 Å². The number of rotatable bonds is 3. The minimum Gasteiger partial charge on any atom is -0.481 e. The van der Waals surface area contributed by atoms with Gasteiger partial charge in [-0.15, -0.1) is 0 Å². The Morgan fingerprint density at radius 2 is 2.17 bits per heavy atom. The van der Waals surface area contributed by atoms with E-state index in [1.54, 1.807) is 40.9 Å². The summed E-state index contributed by atoms with van der Waals surface area (Å²) in [5.74, 6) is -1.57. The van der Waals surface area contributed by atoms with E-state index in [4.69, 9.17) is 16.7 Å². The summed E-state index contributed by atoms with van der Waals surface area (Å²) in [7, 11) is 0. The van der Waals surface area contributed by atoms with Gasteiger partial charge in [0.2, 0.25) is 0 Å². The second kappa shape index (κ2) is 6.04. The van der Waals surface area contributed by atoms with E-state index in [1.807, 2.05) is 6.07 Å². The number of carbonyl (C=O) groups is 2. The molecule has 0 spiro atoms. The maximum absolute atomic E-state index is 12.6. The quantitative estimate of drug-likeness (QED) is 0.936. The van der Waals surface area contributed by atoms with Crippen molar-refractivity contribution in [1.29, 1.82) is 0 Å². The van der Waals surface area contributed by atoms with E-state index in [0.29, 0.717) is 23.6 Å². The number of carboxylic acid groups (broad SMARTS) is 1. The van der Waals surface area contributed by atoms with Crippen LogP contribution >= 0.6 is 11.6 Å². The van der Waals surface area contributed by atoms with Crippen LogP contribution in [0.2, 0.25) is 5.02 Å². The molecule has 120 valence electrons. The van der Waals surface area contributed by atoms with Crippen LogP contribution in [-0.4, -0.2) is 44.3 Å². The summed E-state index contributed by atoms with van der Waals surface area (Å²) in [6.07, 6.45) is 3.60. The van der Waals surface area contributed by atoms with E-state index in [0.717, 1.165) is 5.69 Å². The van der Waals surface area contributed by atoms with E-state index < -0.39 is 11.9 Å². The SMILES string of the molecule is CC1C(C(=O)O)CCN1C(=O)c1cnn(-c2cccc(Cl)c2)c1. The average molecular weight is 334 g/mol. The lowest BCUT2D eigenvalue weighted by Gasteiger charge is -2.22. The average Bonchev–Trinajstić information content (AvgIpc) is 3.13. The Morgan fingerprint density at radius 3 is 2.83 bits per heavy atom. The zero-order valence-corrected chi connectivity index (χ0v) is 13.3. The van der Waals surface area contributed by atoms with Crippen LogP contribution in [0, 0.1) is 5.92 Å². The van der Waals surface area contributed by atoms with Crippen LogP contribution < -0.4 is 0 Å². The van der Waals surface area contributed by atoms with Crippen LogP contribution in [0.5, 0.6) is 0 Å². The van der Waals surface area contributed by atoms with E-state index in [9.17, 15) is 9.59 Å². The molecular weight excluding hydrogens is 318 g/mol. The molecule has 0 saturated carbocycles. The van der Waals surface area contributed by atoms with Gasteiger partial charge >= 0.3 is 5.97 Å². The zero-order chi connectivity index (χ0) is 16.6. The third-order valence-corrected chi connectivity index (χ3v) is 4.47. The summed E-state index contributed by atoms with van der Waals surface area (Å²) in [5.41, 5.74) is 1.19. The van der Waals surface area contributed by atoms with Crippen molar-refractivity contribution in [2.75, 3.05) is 6.54 Å². The minimum atomic E-state index is -0.859. The van der Waals surface area contributed by atoms with Gasteiger partial charge in [-0.2, -0.15) is 5.10 Å². The Kier molecular flexibility index (Phi) is 4.09. The third-order valence-electron chi connectivity index (χ3n) is 4.24. The molecule has 0 bridgehead atoms. The number of amides is 1. The Labute approximate surface area is 138 Å². The second-order valence-corrected chi connectivity index (χ2v) is 6.06. The fourth-order valence-electron chi connectivity index (χ4n) is 2.92. The van der Waals surface area contributed by atoms with Crippen LogP contribution in [0.1, 0.15) is 23.7 Å². The Bertz CT molecular complexity index is 759. The van der Waals surface area contributed by atoms with Gasteiger partial charge in [-0.3, -0.25) is 9.59 Å². The highest BCUT2D eigenvalue weighted by molar-refractivity contribution is 6.30. The lowest BCUT2D eigenvalue weighted by Crippen LogP contribution is -2.37. The highest BCUT2D eigenvalue weighted by Crippen LogP contribution is 2.26. The van der Waals surface area contributed by atoms with Crippen molar-refractivity contribution in [2.45, 2.75) is 19.4 Å². The molecule has 1 fully saturated rings. The standard InChI is InChI=1S/C16H16ClN3O3/c1-10-14(16(22)23)5-6-19(10)15(21)11-8-18-20(9-11)13-4-2-3-12(17)7-13/h2-4,7-10,14H,5-6H2,1H3,(H,22,23). The van der Waals surface area contributed by atoms with Crippen molar-refractivity contribution >= 4 is 23.5 Å². The van der Waals surface area contributed by atoms with E-state index >= 15 is 0 Å². The first kappa shape index (κ1) is 15.6. The number of aromatic nitrogens is 2. The molecule has 1 saturated heterocycles. The lowest BCUT2D eigenvalue weighted by molar-refractivity contribution is -0.142. The highest BCUT2D eigenvalue weighted by Gasteiger charge is 2.38. The first-order valence-electron chi connectivity index (χ1n) is 7.32. The molecule has 1 aromatic heterocycles. The third kappa shape index (κ3) is 2.94. The largest absolute Gasteiger partial charge is 0.481 e. The molecule has 6 nitrogen and oxygen atoms in total. The molecule has 1 aliphatic heterocycles. The summed E-state index contributed by atoms with van der Waals surface area (Å²) in [6.45, 7) is 2.21. The van der Waals surface area contributed by atoms with Crippen molar-refractivity contribution in [3.8, 4) is 5.69 Å². The zero-order valence-electron chi connectivity index (χ0n) is 12.5. The van der Waals surface area contributed by atoms with Gasteiger partial charge in [0, 0.05) is 23.8 Å². The van der Waals surface area contributed by atoms with Crippen molar-refractivity contribution in [3.05, 3.63) is 47.2 Å². The van der Waals surface area contributed by atoms with Crippen molar-refractivity contribution in [1.82, 2.24) is 14.7 Å². The number of nitrogens with zero attached hydrogens (tertiary/aromatic N) is 3. The molecule has 2 aromatic rings. The maximum atomic E-state index is 12.6. The molecule has 1 N–H and O–H groups in total. The minimum absolute atomic E-state index is 0.200. The van der Waals surface area contributed by atoms with Gasteiger partial charge in [-0.25, -0.2) is 4.68 Å². The first-order valence-corrected chi connectivity index (χ1v) is 7.69. The smallest absolute Gasteiger partial charge is 0.308 e. The number of benzene rings is 1. The number of hydrogen-bond acceptors (Lipinski definition) is 3. The second-order valence-electron chi connectivity index (χ2n) is 5.63. The molecule has 3 rings (SSSR count). The van der Waals surface area contributed by atoms with E-state index in [1.165, 1.54) is 6.20 Å². The molecular formula is C16H16ClN3O3. The maximum Gasteiger partial charge on any atom is 0.308 e. The molecule has 2 atom stereocenters. The molecule has 1 aromatic carbocycles. The summed E-state index contributed by atoms with van der Waals surface area (Å²) < 4.78 is 1.58. The van der Waals surface area contributed by atoms with Crippen LogP contribution in [0.15, 0.2) is 36.7 Å². The molecule has 7 heteroatoms. The van der Waals surface area contributed by atoms with Crippen LogP contribution in [0.3, 0.4) is 0 Å². The van der Waals surface area contributed by atoms with Gasteiger partial charge in [-0.05, 0) is 31.5 Å². The number of hydrogen-bond donors (Lipinski definition) is 1. The predicted octanol–water partition coefficient (Wildman–Crippen LogP) is 2.46. The van der Waals surface area contributed by atoms with Crippen molar-refractivity contribution < 1.29 is 14.7 Å². The van der Waals surface area contributed by atoms with Crippen molar-refractivity contribution in [3.63, 3.8) is 0 Å². The normalized spacial score (nSPS) is 20.7. The summed E-state index contributed by atoms with van der Waals surface area (Å²) in [5, 5.41) is 13.9. The summed E-state index contributed by atoms with van der Waals surface area (Å²) in [6, 6.07) is 6.84. The number of carboxylic acids is 1. The van der Waals surface area contributed by atoms with Crippen LogP contribution in [-0.2, 0) is 4.79 Å². The molecule has 2 unspecified atom stereocenters. The molecule has 0 aliphatic carbocycles.